The second-order valence-electron chi connectivity index (χ2n) is 16.8. The van der Waals surface area contributed by atoms with Crippen molar-refractivity contribution in [2.24, 2.45) is 0 Å². The lowest BCUT2D eigenvalue weighted by Gasteiger charge is -2.31. The van der Waals surface area contributed by atoms with Gasteiger partial charge in [0.25, 0.3) is 0 Å². The number of thiophene rings is 1. The molecular weight excluding hydrogens is 791 g/mol. The summed E-state index contributed by atoms with van der Waals surface area (Å²) in [5, 5.41) is 12.8. The second-order valence-corrected chi connectivity index (χ2v) is 17.9. The summed E-state index contributed by atoms with van der Waals surface area (Å²) in [7, 11) is 0. The lowest BCUT2D eigenvalue weighted by Crippen LogP contribution is -2.12. The maximum absolute atomic E-state index is 2.51. The number of hydrogen-bond acceptors (Lipinski definition) is 2. The van der Waals surface area contributed by atoms with E-state index in [1.165, 1.54) is 102 Å². The molecule has 0 amide bonds. The fourth-order valence-corrected chi connectivity index (χ4v) is 11.4. The van der Waals surface area contributed by atoms with Crippen LogP contribution < -0.4 is 4.90 Å². The highest BCUT2D eigenvalue weighted by Crippen LogP contribution is 2.50. The predicted octanol–water partition coefficient (Wildman–Crippen LogP) is 18.2. The van der Waals surface area contributed by atoms with Gasteiger partial charge in [0.2, 0.25) is 0 Å². The first-order valence-corrected chi connectivity index (χ1v) is 22.8. The highest BCUT2D eigenvalue weighted by Gasteiger charge is 2.24. The van der Waals surface area contributed by atoms with Gasteiger partial charge in [0.05, 0.1) is 11.4 Å². The van der Waals surface area contributed by atoms with Crippen LogP contribution in [-0.4, -0.2) is 0 Å². The van der Waals surface area contributed by atoms with Crippen molar-refractivity contribution in [2.45, 2.75) is 0 Å². The number of anilines is 3. The summed E-state index contributed by atoms with van der Waals surface area (Å²) >= 11 is 1.88. The van der Waals surface area contributed by atoms with Crippen LogP contribution in [0, 0.1) is 0 Å². The highest BCUT2D eigenvalue weighted by atomic mass is 32.1. The first-order chi connectivity index (χ1) is 31.7. The van der Waals surface area contributed by atoms with Crippen LogP contribution in [-0.2, 0) is 0 Å². The Labute approximate surface area is 375 Å². The summed E-state index contributed by atoms with van der Waals surface area (Å²) in [6.07, 6.45) is 0. The van der Waals surface area contributed by atoms with Crippen molar-refractivity contribution in [3.05, 3.63) is 237 Å². The third-order valence-corrected chi connectivity index (χ3v) is 14.3. The molecule has 0 spiro atoms. The van der Waals surface area contributed by atoms with Gasteiger partial charge in [-0.2, -0.15) is 0 Å². The number of rotatable bonds is 7. The number of nitrogens with zero attached hydrogens (tertiary/aromatic N) is 1. The molecule has 1 aromatic heterocycles. The van der Waals surface area contributed by atoms with Crippen molar-refractivity contribution in [3.63, 3.8) is 0 Å². The van der Waals surface area contributed by atoms with E-state index in [-0.39, 0.29) is 0 Å². The fraction of sp³-hybridized carbons (Fsp3) is 0. The molecular formula is C62H39NS. The Morgan fingerprint density at radius 2 is 0.859 bits per heavy atom. The normalized spacial score (nSPS) is 11.8. The Balaban J connectivity index is 1.09. The van der Waals surface area contributed by atoms with Gasteiger partial charge >= 0.3 is 0 Å². The van der Waals surface area contributed by atoms with Crippen LogP contribution >= 0.6 is 11.3 Å². The molecule has 13 aromatic rings. The Bertz CT molecular complexity index is 3870. The van der Waals surface area contributed by atoms with Gasteiger partial charge in [-0.05, 0) is 119 Å². The molecule has 0 atom stereocenters. The Hall–Kier alpha value is -8.04. The SMILES string of the molecule is c1ccc(-c2ccc(N(c3cccc(-c4ccc5c(c4)sc4ccc6ccccc6c45)c3-c3cccc(-c4ccccc4)c3)c3ccc4ccc5cccc6ccc3c4c56)cc2)cc1. The molecule has 0 saturated heterocycles. The summed E-state index contributed by atoms with van der Waals surface area (Å²) < 4.78 is 2.60. The molecule has 0 bridgehead atoms. The van der Waals surface area contributed by atoms with Gasteiger partial charge in [0.15, 0.2) is 0 Å². The Kier molecular flexibility index (Phi) is 8.47. The minimum absolute atomic E-state index is 1.10. The van der Waals surface area contributed by atoms with Crippen LogP contribution in [0.5, 0.6) is 0 Å². The highest BCUT2D eigenvalue weighted by molar-refractivity contribution is 7.26. The zero-order valence-electron chi connectivity index (χ0n) is 34.9. The summed E-state index contributed by atoms with van der Waals surface area (Å²) in [5.74, 6) is 0. The molecule has 0 aliphatic heterocycles. The maximum atomic E-state index is 2.51. The van der Waals surface area contributed by atoms with Crippen LogP contribution in [0.25, 0.3) is 108 Å². The molecule has 0 saturated carbocycles. The number of hydrogen-bond donors (Lipinski definition) is 0. The first kappa shape index (κ1) is 36.6. The van der Waals surface area contributed by atoms with E-state index in [2.05, 4.69) is 241 Å². The largest absolute Gasteiger partial charge is 0.309 e. The van der Waals surface area contributed by atoms with Gasteiger partial charge < -0.3 is 4.90 Å². The van der Waals surface area contributed by atoms with E-state index >= 15 is 0 Å². The molecule has 0 unspecified atom stereocenters. The van der Waals surface area contributed by atoms with Crippen molar-refractivity contribution in [1.29, 1.82) is 0 Å². The van der Waals surface area contributed by atoms with E-state index in [0.29, 0.717) is 0 Å². The number of fused-ring (bicyclic) bond motifs is 5. The van der Waals surface area contributed by atoms with Gasteiger partial charge in [0.1, 0.15) is 0 Å². The van der Waals surface area contributed by atoms with Gasteiger partial charge in [-0.1, -0.05) is 194 Å². The van der Waals surface area contributed by atoms with Crippen molar-refractivity contribution < 1.29 is 0 Å². The Morgan fingerprint density at radius 3 is 1.67 bits per heavy atom. The van der Waals surface area contributed by atoms with Crippen LogP contribution in [0.1, 0.15) is 0 Å². The van der Waals surface area contributed by atoms with Crippen molar-refractivity contribution >= 4 is 91.7 Å². The van der Waals surface area contributed by atoms with Crippen LogP contribution in [0.4, 0.5) is 17.1 Å². The summed E-state index contributed by atoms with van der Waals surface area (Å²) in [4.78, 5) is 2.51. The molecule has 0 N–H and O–H groups in total. The average Bonchev–Trinajstić information content (AvgIpc) is 3.75. The average molecular weight is 830 g/mol. The van der Waals surface area contributed by atoms with E-state index < -0.39 is 0 Å². The van der Waals surface area contributed by atoms with Crippen LogP contribution in [0.3, 0.4) is 0 Å². The minimum Gasteiger partial charge on any atom is -0.309 e. The van der Waals surface area contributed by atoms with E-state index in [1.54, 1.807) is 0 Å². The van der Waals surface area contributed by atoms with E-state index in [4.69, 9.17) is 0 Å². The van der Waals surface area contributed by atoms with Crippen molar-refractivity contribution in [1.82, 2.24) is 0 Å². The van der Waals surface area contributed by atoms with E-state index in [9.17, 15) is 0 Å². The molecule has 64 heavy (non-hydrogen) atoms. The molecule has 1 nitrogen and oxygen atoms in total. The monoisotopic (exact) mass is 829 g/mol. The molecule has 13 rings (SSSR count). The number of benzene rings is 12. The van der Waals surface area contributed by atoms with Crippen LogP contribution in [0.15, 0.2) is 237 Å². The molecule has 2 heteroatoms. The molecule has 12 aromatic carbocycles. The lowest BCUT2D eigenvalue weighted by molar-refractivity contribution is 1.30. The molecule has 1 heterocycles. The Morgan fingerprint density at radius 1 is 0.281 bits per heavy atom. The van der Waals surface area contributed by atoms with Crippen LogP contribution in [0.2, 0.25) is 0 Å². The minimum atomic E-state index is 1.10. The zero-order valence-corrected chi connectivity index (χ0v) is 35.7. The summed E-state index contributed by atoms with van der Waals surface area (Å²) in [6.45, 7) is 0. The van der Waals surface area contributed by atoms with Gasteiger partial charge in [-0.25, -0.2) is 0 Å². The predicted molar refractivity (Wildman–Crippen MR) is 277 cm³/mol. The van der Waals surface area contributed by atoms with E-state index in [0.717, 1.165) is 22.6 Å². The lowest BCUT2D eigenvalue weighted by atomic mass is 9.89. The zero-order chi connectivity index (χ0) is 42.1. The van der Waals surface area contributed by atoms with E-state index in [1.807, 2.05) is 11.3 Å². The second kappa shape index (κ2) is 14.8. The third kappa shape index (κ3) is 5.91. The van der Waals surface area contributed by atoms with Gasteiger partial charge in [-0.3, -0.25) is 0 Å². The topological polar surface area (TPSA) is 3.24 Å². The van der Waals surface area contributed by atoms with Crippen molar-refractivity contribution in [3.8, 4) is 44.5 Å². The first-order valence-electron chi connectivity index (χ1n) is 22.0. The van der Waals surface area contributed by atoms with Crippen molar-refractivity contribution in [2.75, 3.05) is 4.90 Å². The molecule has 0 aliphatic rings. The van der Waals surface area contributed by atoms with Gasteiger partial charge in [0, 0.05) is 36.8 Å². The standard InChI is InChI=1S/C62H39NS/c1-3-12-40(13-4-1)42-26-32-50(33-27-42)63(55-36-30-46-25-24-44-17-9-18-45-28-34-53(55)61(46)59(44)45)56-23-11-22-52(60(56)49-20-10-19-47(38-49)41-14-5-2-6-15-41)48-29-35-54-58(39-48)64-57-37-31-43-16-7-8-21-51(43)62(54)57/h1-39H. The quantitative estimate of drug-likeness (QED) is 0.145. The van der Waals surface area contributed by atoms with Gasteiger partial charge in [-0.15, -0.1) is 11.3 Å². The summed E-state index contributed by atoms with van der Waals surface area (Å²) in [6, 6.07) is 87.5. The third-order valence-electron chi connectivity index (χ3n) is 13.2. The fourth-order valence-electron chi connectivity index (χ4n) is 10.2. The summed E-state index contributed by atoms with van der Waals surface area (Å²) in [5.41, 5.74) is 12.9. The smallest absolute Gasteiger partial charge is 0.0546 e. The molecule has 0 radical (unpaired) electrons. The molecule has 298 valence electrons. The molecule has 0 fully saturated rings. The maximum Gasteiger partial charge on any atom is 0.0546 e. The molecule has 0 aliphatic carbocycles.